The summed E-state index contributed by atoms with van der Waals surface area (Å²) in [6.45, 7) is 18.5. The van der Waals surface area contributed by atoms with E-state index < -0.39 is 48.3 Å². The molecule has 0 saturated carbocycles. The third-order valence-electron chi connectivity index (χ3n) is 13.5. The quantitative estimate of drug-likeness (QED) is 0.0703. The van der Waals surface area contributed by atoms with Crippen LogP contribution in [-0.4, -0.2) is 187 Å². The normalized spacial score (nSPS) is 17.7. The van der Waals surface area contributed by atoms with Gasteiger partial charge >= 0.3 is 0 Å². The molecule has 2 N–H and O–H groups in total. The molecule has 0 spiro atoms. The number of likely N-dealkylation sites (tertiary alicyclic amines) is 1. The number of benzene rings is 1. The third kappa shape index (κ3) is 19.9. The van der Waals surface area contributed by atoms with Crippen LogP contribution in [0.25, 0.3) is 0 Å². The van der Waals surface area contributed by atoms with E-state index in [0.29, 0.717) is 64.6 Å². The van der Waals surface area contributed by atoms with E-state index in [1.165, 1.54) is 4.90 Å². The van der Waals surface area contributed by atoms with Crippen molar-refractivity contribution in [3.63, 3.8) is 0 Å². The summed E-state index contributed by atoms with van der Waals surface area (Å²) in [6, 6.07) is 6.88. The number of terminal acetylenes is 1. The number of amides is 4. The van der Waals surface area contributed by atoms with E-state index in [9.17, 15) is 29.1 Å². The van der Waals surface area contributed by atoms with E-state index in [4.69, 9.17) is 39.6 Å². The van der Waals surface area contributed by atoms with E-state index >= 15 is 0 Å². The van der Waals surface area contributed by atoms with Gasteiger partial charge in [0.15, 0.2) is 5.78 Å². The van der Waals surface area contributed by atoms with Crippen molar-refractivity contribution in [3.8, 4) is 12.3 Å². The van der Waals surface area contributed by atoms with Crippen LogP contribution in [0.4, 0.5) is 0 Å². The maximum absolute atomic E-state index is 14.6. The maximum atomic E-state index is 14.6. The number of rotatable bonds is 36. The molecular formula is C53H88N4O13. The van der Waals surface area contributed by atoms with Crippen LogP contribution < -0.4 is 5.32 Å². The lowest BCUT2D eigenvalue weighted by Crippen LogP contribution is -2.55. The Hall–Kier alpha value is -3.99. The maximum Gasteiger partial charge on any atom is 0.248 e. The lowest BCUT2D eigenvalue weighted by Gasteiger charge is -2.41. The van der Waals surface area contributed by atoms with Crippen molar-refractivity contribution in [1.82, 2.24) is 20.0 Å². The number of aliphatic hydroxyl groups excluding tert-OH is 1. The molecule has 1 aliphatic rings. The summed E-state index contributed by atoms with van der Waals surface area (Å²) in [5, 5.41) is 13.9. The number of ketones is 1. The number of carbonyl (C=O) groups is 5. The minimum Gasteiger partial charge on any atom is -0.386 e. The van der Waals surface area contributed by atoms with Crippen LogP contribution >= 0.6 is 0 Å². The van der Waals surface area contributed by atoms with E-state index in [-0.39, 0.29) is 92.5 Å². The highest BCUT2D eigenvalue weighted by Crippen LogP contribution is 2.31. The fourth-order valence-electron chi connectivity index (χ4n) is 9.25. The van der Waals surface area contributed by atoms with Gasteiger partial charge in [-0.25, -0.2) is 0 Å². The average molecular weight is 989 g/mol. The number of nitrogens with one attached hydrogen (secondary N) is 1. The number of ether oxygens (including phenoxy) is 7. The molecule has 10 atom stereocenters. The fraction of sp³-hybridized carbons (Fsp3) is 0.755. The summed E-state index contributed by atoms with van der Waals surface area (Å²) in [4.78, 5) is 75.0. The van der Waals surface area contributed by atoms with E-state index in [2.05, 4.69) is 11.2 Å². The number of likely N-dealkylation sites (N-methyl/N-ethyl adjacent to an activating group) is 2. The molecule has 1 aromatic carbocycles. The molecule has 0 bridgehead atoms. The Bertz CT molecular complexity index is 1730. The zero-order chi connectivity index (χ0) is 52.3. The molecule has 1 heterocycles. The number of hydrogen-bond donors (Lipinski definition) is 2. The standard InChI is InChI=1S/C53H88N4O13/c1-14-24-66-25-26-67-27-28-68-29-30-69-31-32-70-35-47(60)55(10)48(37(5)6)44(58)33-42(36(3)4)53(63)56(11)49(38(7)15-2)45(64-12)34-46(59)57-23-19-22-43(57)51(65-13)39(8)52(62)54-40(9)50(61)41-20-17-16-18-21-41/h1,16-18,20-21,36-40,42-43,45,48-51,61H,15,19,22-35H2,2-13H3,(H,54,62)/t38-,39+,40+,42-,43-,45+,48-,49-,50+,51+/m0/s1. The molecule has 0 radical (unpaired) electrons. The first kappa shape index (κ1) is 62.1. The fourth-order valence-corrected chi connectivity index (χ4v) is 9.25. The molecular weight excluding hydrogens is 901 g/mol. The second kappa shape index (κ2) is 33.6. The molecule has 4 amide bonds. The van der Waals surface area contributed by atoms with Gasteiger partial charge in [-0.3, -0.25) is 24.0 Å². The third-order valence-corrected chi connectivity index (χ3v) is 13.5. The Morgan fingerprint density at radius 2 is 1.37 bits per heavy atom. The van der Waals surface area contributed by atoms with Gasteiger partial charge in [0.05, 0.1) is 108 Å². The summed E-state index contributed by atoms with van der Waals surface area (Å²) in [5.41, 5.74) is 0.693. The molecule has 1 aliphatic heterocycles. The molecule has 0 unspecified atom stereocenters. The van der Waals surface area contributed by atoms with Gasteiger partial charge in [-0.15, -0.1) is 6.42 Å². The van der Waals surface area contributed by atoms with Crippen LogP contribution in [0.5, 0.6) is 0 Å². The van der Waals surface area contributed by atoms with Crippen molar-refractivity contribution in [2.24, 2.45) is 29.6 Å². The minimum atomic E-state index is -0.904. The Balaban J connectivity index is 2.05. The van der Waals surface area contributed by atoms with Crippen molar-refractivity contribution in [1.29, 1.82) is 0 Å². The summed E-state index contributed by atoms with van der Waals surface area (Å²) < 4.78 is 39.2. The van der Waals surface area contributed by atoms with Crippen LogP contribution in [0.15, 0.2) is 30.3 Å². The molecule has 1 saturated heterocycles. The minimum absolute atomic E-state index is 0.0187. The highest BCUT2D eigenvalue weighted by molar-refractivity contribution is 5.93. The number of nitrogens with zero attached hydrogens (tertiary/aromatic N) is 3. The number of methoxy groups -OCH3 is 2. The lowest BCUT2D eigenvalue weighted by molar-refractivity contribution is -0.150. The molecule has 1 fully saturated rings. The van der Waals surface area contributed by atoms with E-state index in [1.54, 1.807) is 52.0 Å². The van der Waals surface area contributed by atoms with E-state index in [1.807, 2.05) is 71.9 Å². The topological polar surface area (TPSA) is 192 Å². The van der Waals surface area contributed by atoms with Crippen molar-refractivity contribution in [2.45, 2.75) is 130 Å². The van der Waals surface area contributed by atoms with Gasteiger partial charge < -0.3 is 58.3 Å². The predicted octanol–water partition coefficient (Wildman–Crippen LogP) is 4.58. The summed E-state index contributed by atoms with van der Waals surface area (Å²) >= 11 is 0. The number of aliphatic hydroxyl groups is 1. The SMILES string of the molecule is C#CCOCCOCCOCCOCCOCC(=O)N(C)[C@H](C(=O)C[C@H](C(=O)N(C)[C@@H]([C@@H](C)CC)[C@@H](CC(=O)N1CCC[C@H]1[C@H](OC)[C@@H](C)C(=O)N[C@H](C)[C@@H](O)c1ccccc1)OC)C(C)C)C(C)C. The van der Waals surface area contributed by atoms with Crippen molar-refractivity contribution in [2.75, 3.05) is 101 Å². The van der Waals surface area contributed by atoms with Gasteiger partial charge in [0.1, 0.15) is 13.2 Å². The first-order chi connectivity index (χ1) is 33.4. The van der Waals surface area contributed by atoms with Gasteiger partial charge in [-0.1, -0.05) is 91.1 Å². The second-order valence-electron chi connectivity index (χ2n) is 19.1. The average Bonchev–Trinajstić information content (AvgIpc) is 3.83. The smallest absolute Gasteiger partial charge is 0.248 e. The number of carbonyl (C=O) groups excluding carboxylic acids is 5. The first-order valence-corrected chi connectivity index (χ1v) is 25.1. The van der Waals surface area contributed by atoms with Crippen molar-refractivity contribution >= 4 is 29.4 Å². The summed E-state index contributed by atoms with van der Waals surface area (Å²) in [7, 11) is 6.38. The molecule has 70 heavy (non-hydrogen) atoms. The van der Waals surface area contributed by atoms with Crippen LogP contribution in [0, 0.1) is 41.9 Å². The predicted molar refractivity (Wildman–Crippen MR) is 267 cm³/mol. The zero-order valence-corrected chi connectivity index (χ0v) is 44.4. The number of Topliss-reactive ketones (excluding diaryl/α,β-unsaturated/α-hetero) is 1. The molecule has 2 rings (SSSR count). The molecule has 398 valence electrons. The monoisotopic (exact) mass is 989 g/mol. The summed E-state index contributed by atoms with van der Waals surface area (Å²) in [6.07, 6.45) is 4.88. The molecule has 17 heteroatoms. The van der Waals surface area contributed by atoms with Gasteiger partial charge in [0.2, 0.25) is 23.6 Å². The molecule has 0 aliphatic carbocycles. The van der Waals surface area contributed by atoms with Gasteiger partial charge in [-0.05, 0) is 43.1 Å². The Morgan fingerprint density at radius 3 is 1.89 bits per heavy atom. The molecule has 0 aromatic heterocycles. The van der Waals surface area contributed by atoms with Crippen LogP contribution in [0.3, 0.4) is 0 Å². The zero-order valence-electron chi connectivity index (χ0n) is 44.4. The Morgan fingerprint density at radius 1 is 0.800 bits per heavy atom. The van der Waals surface area contributed by atoms with Crippen molar-refractivity contribution in [3.05, 3.63) is 35.9 Å². The molecule has 1 aromatic rings. The Labute approximate surface area is 419 Å². The van der Waals surface area contributed by atoms with Gasteiger partial charge in [0.25, 0.3) is 0 Å². The summed E-state index contributed by atoms with van der Waals surface area (Å²) in [5.74, 6) is -0.803. The number of hydrogen-bond acceptors (Lipinski definition) is 13. The second-order valence-corrected chi connectivity index (χ2v) is 19.1. The van der Waals surface area contributed by atoms with Crippen LogP contribution in [0.1, 0.15) is 99.2 Å². The van der Waals surface area contributed by atoms with Gasteiger partial charge in [0, 0.05) is 47.2 Å². The van der Waals surface area contributed by atoms with Crippen LogP contribution in [0.2, 0.25) is 0 Å². The van der Waals surface area contributed by atoms with Crippen molar-refractivity contribution < 1.29 is 62.2 Å². The molecule has 17 nitrogen and oxygen atoms in total. The Kier molecular flexibility index (Phi) is 29.8. The van der Waals surface area contributed by atoms with E-state index in [0.717, 1.165) is 6.42 Å². The highest BCUT2D eigenvalue weighted by atomic mass is 16.6. The van der Waals surface area contributed by atoms with Crippen LogP contribution in [-0.2, 0) is 57.1 Å². The highest BCUT2D eigenvalue weighted by Gasteiger charge is 2.43. The largest absolute Gasteiger partial charge is 0.386 e. The van der Waals surface area contributed by atoms with Gasteiger partial charge in [-0.2, -0.15) is 0 Å². The first-order valence-electron chi connectivity index (χ1n) is 25.1. The lowest BCUT2D eigenvalue weighted by atomic mass is 9.83.